The number of hydrogen-bond acceptors (Lipinski definition) is 6. The molecular weight excluding hydrogens is 356 g/mol. The Hall–Kier alpha value is -2.39. The Morgan fingerprint density at radius 1 is 1.27 bits per heavy atom. The van der Waals surface area contributed by atoms with Gasteiger partial charge in [-0.1, -0.05) is 5.16 Å². The third-order valence-electron chi connectivity index (χ3n) is 4.90. The normalized spacial score (nSPS) is 19.1. The summed E-state index contributed by atoms with van der Waals surface area (Å²) < 4.78 is 38.3. The van der Waals surface area contributed by atoms with E-state index < -0.39 is 10.0 Å². The summed E-state index contributed by atoms with van der Waals surface area (Å²) in [5.41, 5.74) is 2.54. The van der Waals surface area contributed by atoms with Crippen LogP contribution < -0.4 is 0 Å². The average Bonchev–Trinajstić information content (AvgIpc) is 3.38. The number of hydrogen-bond donors (Lipinski definition) is 1. The summed E-state index contributed by atoms with van der Waals surface area (Å²) in [7, 11) is -3.71. The molecule has 26 heavy (non-hydrogen) atoms. The third-order valence-corrected chi connectivity index (χ3v) is 6.64. The van der Waals surface area contributed by atoms with Crippen LogP contribution in [-0.4, -0.2) is 41.2 Å². The highest BCUT2D eigenvalue weighted by molar-refractivity contribution is 7.89. The van der Waals surface area contributed by atoms with Gasteiger partial charge in [0.2, 0.25) is 10.9 Å². The molecule has 1 atom stereocenters. The van der Waals surface area contributed by atoms with Crippen molar-refractivity contribution in [2.24, 2.45) is 0 Å². The number of aryl methyl sites for hydroxylation is 1. The predicted octanol–water partition coefficient (Wildman–Crippen LogP) is 2.84. The van der Waals surface area contributed by atoms with Gasteiger partial charge in [0.1, 0.15) is 0 Å². The molecule has 1 unspecified atom stereocenters. The summed E-state index contributed by atoms with van der Waals surface area (Å²) in [4.78, 5) is 0. The lowest BCUT2D eigenvalue weighted by atomic mass is 9.96. The fourth-order valence-corrected chi connectivity index (χ4v) is 4.70. The fourth-order valence-electron chi connectivity index (χ4n) is 3.26. The Balaban J connectivity index is 1.60. The van der Waals surface area contributed by atoms with Crippen molar-refractivity contribution in [1.82, 2.24) is 19.7 Å². The summed E-state index contributed by atoms with van der Waals surface area (Å²) in [5, 5.41) is 10.7. The van der Waals surface area contributed by atoms with E-state index in [0.717, 1.165) is 29.8 Å². The maximum Gasteiger partial charge on any atom is 0.276 e. The molecule has 0 spiro atoms. The van der Waals surface area contributed by atoms with E-state index >= 15 is 0 Å². The van der Waals surface area contributed by atoms with Crippen molar-refractivity contribution in [3.63, 3.8) is 0 Å². The van der Waals surface area contributed by atoms with Crippen LogP contribution in [0.3, 0.4) is 0 Å². The molecule has 0 aromatic carbocycles. The zero-order chi connectivity index (χ0) is 18.3. The summed E-state index contributed by atoms with van der Waals surface area (Å²) in [5.74, 6) is 0.927. The molecule has 9 heteroatoms. The second-order valence-corrected chi connectivity index (χ2v) is 8.42. The smallest absolute Gasteiger partial charge is 0.276 e. The Bertz CT molecular complexity index is 1000. The van der Waals surface area contributed by atoms with Crippen LogP contribution >= 0.6 is 0 Å². The van der Waals surface area contributed by atoms with Gasteiger partial charge in [0, 0.05) is 36.5 Å². The number of rotatable bonds is 4. The van der Waals surface area contributed by atoms with Crippen LogP contribution in [-0.2, 0) is 10.0 Å². The second kappa shape index (κ2) is 6.40. The molecule has 0 radical (unpaired) electrons. The molecule has 8 nitrogen and oxygen atoms in total. The fraction of sp³-hybridized carbons (Fsp3) is 0.412. The number of nitrogens with zero attached hydrogens (tertiary/aromatic N) is 3. The molecule has 1 saturated heterocycles. The van der Waals surface area contributed by atoms with Gasteiger partial charge in [-0.2, -0.15) is 9.40 Å². The first kappa shape index (κ1) is 17.0. The van der Waals surface area contributed by atoms with Gasteiger partial charge in [-0.15, -0.1) is 0 Å². The van der Waals surface area contributed by atoms with Gasteiger partial charge in [0.15, 0.2) is 5.76 Å². The van der Waals surface area contributed by atoms with Crippen LogP contribution in [0.5, 0.6) is 0 Å². The number of aromatic nitrogens is 3. The van der Waals surface area contributed by atoms with Crippen LogP contribution in [0.25, 0.3) is 11.5 Å². The quantitative estimate of drug-likeness (QED) is 0.751. The minimum atomic E-state index is -3.71. The van der Waals surface area contributed by atoms with Crippen LogP contribution in [0.15, 0.2) is 38.4 Å². The first-order chi connectivity index (χ1) is 12.5. The van der Waals surface area contributed by atoms with Gasteiger partial charge in [-0.25, -0.2) is 8.42 Å². The van der Waals surface area contributed by atoms with Gasteiger partial charge >= 0.3 is 0 Å². The zero-order valence-electron chi connectivity index (χ0n) is 14.6. The number of sulfonamides is 1. The summed E-state index contributed by atoms with van der Waals surface area (Å²) in [6, 6.07) is 4.97. The molecule has 0 bridgehead atoms. The van der Waals surface area contributed by atoms with Crippen molar-refractivity contribution >= 4 is 10.0 Å². The van der Waals surface area contributed by atoms with Crippen molar-refractivity contribution < 1.29 is 17.4 Å². The monoisotopic (exact) mass is 376 g/mol. The van der Waals surface area contributed by atoms with Crippen LogP contribution in [0.4, 0.5) is 0 Å². The Morgan fingerprint density at radius 2 is 2.12 bits per heavy atom. The van der Waals surface area contributed by atoms with E-state index in [-0.39, 0.29) is 11.0 Å². The van der Waals surface area contributed by atoms with E-state index in [1.165, 1.54) is 10.4 Å². The van der Waals surface area contributed by atoms with E-state index in [9.17, 15) is 8.42 Å². The van der Waals surface area contributed by atoms with Crippen LogP contribution in [0, 0.1) is 13.8 Å². The molecule has 1 N–H and O–H groups in total. The number of H-pyrrole nitrogens is 1. The van der Waals surface area contributed by atoms with Gasteiger partial charge in [0.25, 0.3) is 10.0 Å². The van der Waals surface area contributed by atoms with Gasteiger partial charge < -0.3 is 8.94 Å². The molecule has 0 aliphatic carbocycles. The maximum atomic E-state index is 13.0. The van der Waals surface area contributed by atoms with Crippen molar-refractivity contribution in [2.45, 2.75) is 37.7 Å². The minimum absolute atomic E-state index is 0.0776. The van der Waals surface area contributed by atoms with E-state index in [1.54, 1.807) is 12.3 Å². The first-order valence-corrected chi connectivity index (χ1v) is 9.93. The van der Waals surface area contributed by atoms with Gasteiger partial charge in [-0.05, 0) is 44.9 Å². The second-order valence-electron chi connectivity index (χ2n) is 6.55. The lowest BCUT2D eigenvalue weighted by Gasteiger charge is -2.30. The highest BCUT2D eigenvalue weighted by Crippen LogP contribution is 2.32. The van der Waals surface area contributed by atoms with Crippen molar-refractivity contribution in [3.8, 4) is 11.5 Å². The van der Waals surface area contributed by atoms with E-state index in [1.807, 2.05) is 19.9 Å². The van der Waals surface area contributed by atoms with E-state index in [4.69, 9.17) is 8.94 Å². The molecule has 4 heterocycles. The molecule has 0 saturated carbocycles. The summed E-state index contributed by atoms with van der Waals surface area (Å²) in [6.07, 6.45) is 3.40. The van der Waals surface area contributed by atoms with Crippen LogP contribution in [0.1, 0.15) is 35.7 Å². The molecule has 0 amide bonds. The highest BCUT2D eigenvalue weighted by Gasteiger charge is 2.34. The third kappa shape index (κ3) is 2.86. The first-order valence-electron chi connectivity index (χ1n) is 8.49. The molecule has 138 valence electrons. The summed E-state index contributed by atoms with van der Waals surface area (Å²) >= 11 is 0. The molecular formula is C17H20N4O4S. The maximum absolute atomic E-state index is 13.0. The van der Waals surface area contributed by atoms with Gasteiger partial charge in [0.05, 0.1) is 5.69 Å². The van der Waals surface area contributed by atoms with Crippen molar-refractivity contribution in [2.75, 3.05) is 13.1 Å². The Kier molecular flexibility index (Phi) is 4.20. The molecule has 1 fully saturated rings. The van der Waals surface area contributed by atoms with Crippen molar-refractivity contribution in [3.05, 3.63) is 41.3 Å². The number of furan rings is 1. The highest BCUT2D eigenvalue weighted by atomic mass is 32.2. The lowest BCUT2D eigenvalue weighted by Crippen LogP contribution is -2.39. The standard InChI is InChI=1S/C17H20N4O4S/c1-11-12(2)20-25-17(11)15-5-6-16(24-15)26(22,23)21-9-3-4-13(10-21)14-7-8-18-19-14/h5-8,13H,3-4,9-10H2,1-2H3,(H,18,19). The average molecular weight is 376 g/mol. The SMILES string of the molecule is Cc1noc(-c2ccc(S(=O)(=O)N3CCCC(c4ccn[nH]4)C3)o2)c1C. The zero-order valence-corrected chi connectivity index (χ0v) is 15.4. The van der Waals surface area contributed by atoms with E-state index in [2.05, 4.69) is 15.4 Å². The Morgan fingerprint density at radius 3 is 2.81 bits per heavy atom. The Labute approximate surface area is 151 Å². The number of nitrogens with one attached hydrogen (secondary N) is 1. The molecule has 1 aliphatic heterocycles. The largest absolute Gasteiger partial charge is 0.440 e. The molecule has 3 aromatic heterocycles. The minimum Gasteiger partial charge on any atom is -0.440 e. The summed E-state index contributed by atoms with van der Waals surface area (Å²) in [6.45, 7) is 4.56. The van der Waals surface area contributed by atoms with Gasteiger partial charge in [-0.3, -0.25) is 5.10 Å². The molecule has 3 aromatic rings. The number of aromatic amines is 1. The number of piperidine rings is 1. The van der Waals surface area contributed by atoms with Crippen molar-refractivity contribution in [1.29, 1.82) is 0 Å². The predicted molar refractivity (Wildman–Crippen MR) is 93.0 cm³/mol. The molecule has 4 rings (SSSR count). The van der Waals surface area contributed by atoms with E-state index in [0.29, 0.717) is 24.6 Å². The van der Waals surface area contributed by atoms with Crippen LogP contribution in [0.2, 0.25) is 0 Å². The topological polar surface area (TPSA) is 105 Å². The lowest BCUT2D eigenvalue weighted by molar-refractivity contribution is 0.303. The molecule has 1 aliphatic rings.